The molecular formula is C21H25F2N3O4S. The Kier molecular flexibility index (Phi) is 7.72. The molecule has 2 rings (SSSR count). The molecule has 168 valence electrons. The van der Waals surface area contributed by atoms with Gasteiger partial charge in [0.25, 0.3) is 5.91 Å². The molecule has 2 aromatic rings. The maximum atomic E-state index is 13.7. The Labute approximate surface area is 180 Å². The average Bonchev–Trinajstić information content (AvgIpc) is 2.69. The van der Waals surface area contributed by atoms with E-state index in [1.165, 1.54) is 19.1 Å². The van der Waals surface area contributed by atoms with Gasteiger partial charge in [-0.15, -0.1) is 0 Å². The van der Waals surface area contributed by atoms with E-state index in [1.54, 1.807) is 12.1 Å². The van der Waals surface area contributed by atoms with Gasteiger partial charge in [0.1, 0.15) is 6.04 Å². The van der Waals surface area contributed by atoms with Crippen LogP contribution in [0.2, 0.25) is 0 Å². The number of amides is 2. The molecule has 0 fully saturated rings. The Bertz CT molecular complexity index is 1080. The fraction of sp³-hybridized carbons (Fsp3) is 0.333. The number of sulfonamides is 1. The van der Waals surface area contributed by atoms with Crippen LogP contribution < -0.4 is 14.9 Å². The van der Waals surface area contributed by atoms with Gasteiger partial charge in [0, 0.05) is 12.1 Å². The van der Waals surface area contributed by atoms with Crippen LogP contribution in [-0.4, -0.2) is 38.6 Å². The molecule has 0 spiro atoms. The van der Waals surface area contributed by atoms with Gasteiger partial charge in [0.2, 0.25) is 15.9 Å². The Hall–Kier alpha value is -3.01. The van der Waals surface area contributed by atoms with Crippen LogP contribution >= 0.6 is 0 Å². The first-order chi connectivity index (χ1) is 14.5. The summed E-state index contributed by atoms with van der Waals surface area (Å²) in [5.41, 5.74) is 0.202. The lowest BCUT2D eigenvalue weighted by Crippen LogP contribution is -2.45. The molecule has 0 radical (unpaired) electrons. The summed E-state index contributed by atoms with van der Waals surface area (Å²) >= 11 is 0. The molecule has 2 amide bonds. The molecule has 2 aromatic carbocycles. The smallest absolute Gasteiger partial charge is 0.253 e. The largest absolute Gasteiger partial charge is 0.350 e. The normalized spacial score (nSPS) is 13.2. The van der Waals surface area contributed by atoms with Crippen molar-refractivity contribution >= 4 is 33.2 Å². The van der Waals surface area contributed by atoms with Crippen LogP contribution in [0.25, 0.3) is 0 Å². The number of para-hydroxylation sites is 1. The lowest BCUT2D eigenvalue weighted by molar-refractivity contribution is -0.116. The minimum atomic E-state index is -4.03. The number of rotatable bonds is 8. The fourth-order valence-corrected chi connectivity index (χ4v) is 4.03. The molecule has 0 aliphatic carbocycles. The van der Waals surface area contributed by atoms with Crippen molar-refractivity contribution in [3.05, 3.63) is 59.7 Å². The highest BCUT2D eigenvalue weighted by atomic mass is 32.2. The highest BCUT2D eigenvalue weighted by Crippen LogP contribution is 2.24. The molecule has 7 nitrogen and oxygen atoms in total. The first-order valence-electron chi connectivity index (χ1n) is 9.60. The summed E-state index contributed by atoms with van der Waals surface area (Å²) in [6.45, 7) is 5.06. The third-order valence-corrected chi connectivity index (χ3v) is 5.91. The first kappa shape index (κ1) is 24.3. The fourth-order valence-electron chi connectivity index (χ4n) is 2.86. The van der Waals surface area contributed by atoms with Crippen molar-refractivity contribution in [2.24, 2.45) is 0 Å². The third-order valence-electron chi connectivity index (χ3n) is 4.67. The molecule has 0 saturated carbocycles. The lowest BCUT2D eigenvalue weighted by atomic mass is 10.1. The van der Waals surface area contributed by atoms with Gasteiger partial charge in [-0.25, -0.2) is 17.2 Å². The second-order valence-electron chi connectivity index (χ2n) is 7.15. The van der Waals surface area contributed by atoms with Gasteiger partial charge in [-0.1, -0.05) is 19.1 Å². The maximum Gasteiger partial charge on any atom is 0.253 e. The van der Waals surface area contributed by atoms with Gasteiger partial charge in [0.15, 0.2) is 11.6 Å². The Morgan fingerprint density at radius 2 is 1.71 bits per heavy atom. The number of hydrogen-bond donors (Lipinski definition) is 2. The van der Waals surface area contributed by atoms with E-state index in [0.717, 1.165) is 24.8 Å². The molecule has 10 heteroatoms. The van der Waals surface area contributed by atoms with E-state index >= 15 is 0 Å². The van der Waals surface area contributed by atoms with Crippen LogP contribution in [-0.2, 0) is 14.8 Å². The predicted octanol–water partition coefficient (Wildman–Crippen LogP) is 3.29. The van der Waals surface area contributed by atoms with E-state index in [2.05, 4.69) is 10.6 Å². The lowest BCUT2D eigenvalue weighted by Gasteiger charge is -2.28. The van der Waals surface area contributed by atoms with Crippen molar-refractivity contribution in [1.82, 2.24) is 5.32 Å². The molecule has 0 bridgehead atoms. The minimum absolute atomic E-state index is 0.0794. The summed E-state index contributed by atoms with van der Waals surface area (Å²) in [4.78, 5) is 25.4. The number of hydrogen-bond acceptors (Lipinski definition) is 4. The summed E-state index contributed by atoms with van der Waals surface area (Å²) in [7, 11) is -4.03. The van der Waals surface area contributed by atoms with Crippen molar-refractivity contribution in [3.63, 3.8) is 0 Å². The van der Waals surface area contributed by atoms with E-state index in [4.69, 9.17) is 0 Å². The molecular weight excluding hydrogens is 428 g/mol. The monoisotopic (exact) mass is 453 g/mol. The van der Waals surface area contributed by atoms with Crippen LogP contribution in [0, 0.1) is 11.6 Å². The van der Waals surface area contributed by atoms with Gasteiger partial charge < -0.3 is 10.6 Å². The van der Waals surface area contributed by atoms with Gasteiger partial charge in [-0.05, 0) is 44.5 Å². The standard InChI is InChI=1S/C21H25F2N3O4S/c1-5-13(2)24-21(28)16-8-6-7-9-19(16)25-20(27)14(3)26(31(4,29)30)15-10-11-17(22)18(23)12-15/h6-14H,5H2,1-4H3,(H,24,28)(H,25,27). The number of nitrogens with zero attached hydrogens (tertiary/aromatic N) is 1. The van der Waals surface area contributed by atoms with E-state index in [-0.39, 0.29) is 23.0 Å². The van der Waals surface area contributed by atoms with Crippen LogP contribution in [0.1, 0.15) is 37.6 Å². The first-order valence-corrected chi connectivity index (χ1v) is 11.5. The Morgan fingerprint density at radius 1 is 1.06 bits per heavy atom. The Balaban J connectivity index is 2.33. The zero-order valence-corrected chi connectivity index (χ0v) is 18.5. The minimum Gasteiger partial charge on any atom is -0.350 e. The molecule has 2 N–H and O–H groups in total. The van der Waals surface area contributed by atoms with Gasteiger partial charge in [-0.3, -0.25) is 13.9 Å². The second-order valence-corrected chi connectivity index (χ2v) is 9.01. The summed E-state index contributed by atoms with van der Waals surface area (Å²) in [6.07, 6.45) is 1.57. The Morgan fingerprint density at radius 3 is 2.29 bits per heavy atom. The summed E-state index contributed by atoms with van der Waals surface area (Å²) in [5, 5.41) is 5.36. The molecule has 2 unspecified atom stereocenters. The molecule has 0 aromatic heterocycles. The molecule has 0 saturated heterocycles. The SMILES string of the molecule is CCC(C)NC(=O)c1ccccc1NC(=O)C(C)N(c1ccc(F)c(F)c1)S(C)(=O)=O. The van der Waals surface area contributed by atoms with Crippen molar-refractivity contribution in [3.8, 4) is 0 Å². The van der Waals surface area contributed by atoms with Crippen molar-refractivity contribution in [2.75, 3.05) is 15.9 Å². The predicted molar refractivity (Wildman–Crippen MR) is 115 cm³/mol. The number of anilines is 2. The summed E-state index contributed by atoms with van der Waals surface area (Å²) in [6, 6.07) is 7.44. The third kappa shape index (κ3) is 6.00. The van der Waals surface area contributed by atoms with Crippen molar-refractivity contribution < 1.29 is 26.8 Å². The molecule has 0 aliphatic heterocycles. The zero-order valence-electron chi connectivity index (χ0n) is 17.6. The van der Waals surface area contributed by atoms with Crippen LogP contribution in [0.15, 0.2) is 42.5 Å². The molecule has 31 heavy (non-hydrogen) atoms. The van der Waals surface area contributed by atoms with Gasteiger partial charge in [0.05, 0.1) is 23.2 Å². The highest BCUT2D eigenvalue weighted by Gasteiger charge is 2.30. The van der Waals surface area contributed by atoms with E-state index in [9.17, 15) is 26.8 Å². The highest BCUT2D eigenvalue weighted by molar-refractivity contribution is 7.92. The van der Waals surface area contributed by atoms with Crippen molar-refractivity contribution in [2.45, 2.75) is 39.3 Å². The quantitative estimate of drug-likeness (QED) is 0.641. The second kappa shape index (κ2) is 9.86. The molecule has 2 atom stereocenters. The maximum absolute atomic E-state index is 13.7. The van der Waals surface area contributed by atoms with E-state index < -0.39 is 39.5 Å². The summed E-state index contributed by atoms with van der Waals surface area (Å²) < 4.78 is 52.3. The van der Waals surface area contributed by atoms with Crippen molar-refractivity contribution in [1.29, 1.82) is 0 Å². The number of nitrogens with one attached hydrogen (secondary N) is 2. The van der Waals surface area contributed by atoms with Crippen LogP contribution in [0.4, 0.5) is 20.2 Å². The average molecular weight is 454 g/mol. The van der Waals surface area contributed by atoms with E-state index in [1.807, 2.05) is 13.8 Å². The summed E-state index contributed by atoms with van der Waals surface area (Å²) in [5.74, 6) is -3.53. The number of carbonyl (C=O) groups is 2. The number of benzene rings is 2. The molecule has 0 aliphatic rings. The van der Waals surface area contributed by atoms with Gasteiger partial charge in [-0.2, -0.15) is 0 Å². The van der Waals surface area contributed by atoms with E-state index in [0.29, 0.717) is 10.4 Å². The topological polar surface area (TPSA) is 95.6 Å². The zero-order chi connectivity index (χ0) is 23.3. The van der Waals surface area contributed by atoms with Gasteiger partial charge >= 0.3 is 0 Å². The van der Waals surface area contributed by atoms with Crippen LogP contribution in [0.3, 0.4) is 0 Å². The molecule has 0 heterocycles. The number of halogens is 2. The number of carbonyl (C=O) groups excluding carboxylic acids is 2. The van der Waals surface area contributed by atoms with Crippen LogP contribution in [0.5, 0.6) is 0 Å².